The molecule has 2 aromatic heterocycles. The molecule has 0 atom stereocenters. The van der Waals surface area contributed by atoms with Gasteiger partial charge < -0.3 is 5.73 Å². The summed E-state index contributed by atoms with van der Waals surface area (Å²) >= 11 is 7.19. The Balaban J connectivity index is 1.81. The van der Waals surface area contributed by atoms with Crippen LogP contribution in [0.15, 0.2) is 21.7 Å². The van der Waals surface area contributed by atoms with Crippen LogP contribution in [0, 0.1) is 0 Å². The molecule has 2 aromatic rings. The molecule has 1 saturated carbocycles. The maximum absolute atomic E-state index is 12.2. The summed E-state index contributed by atoms with van der Waals surface area (Å²) in [6, 6.07) is 3.11. The van der Waals surface area contributed by atoms with Gasteiger partial charge in [-0.2, -0.15) is 0 Å². The molecule has 2 heterocycles. The molecule has 0 aromatic carbocycles. The van der Waals surface area contributed by atoms with Gasteiger partial charge in [-0.3, -0.25) is 4.72 Å². The summed E-state index contributed by atoms with van der Waals surface area (Å²) in [6.45, 7) is 0. The van der Waals surface area contributed by atoms with E-state index in [9.17, 15) is 8.42 Å². The van der Waals surface area contributed by atoms with E-state index in [1.807, 2.05) is 5.38 Å². The Morgan fingerprint density at radius 3 is 2.80 bits per heavy atom. The van der Waals surface area contributed by atoms with Crippen molar-refractivity contribution in [2.75, 3.05) is 4.72 Å². The zero-order chi connectivity index (χ0) is 14.3. The van der Waals surface area contributed by atoms with E-state index in [0.717, 1.165) is 29.9 Å². The normalized spacial score (nSPS) is 15.2. The van der Waals surface area contributed by atoms with Gasteiger partial charge in [0, 0.05) is 11.3 Å². The van der Waals surface area contributed by atoms with Crippen LogP contribution in [0.2, 0.25) is 0 Å². The van der Waals surface area contributed by atoms with Crippen molar-refractivity contribution in [3.8, 4) is 0 Å². The number of anilines is 1. The molecule has 3 rings (SSSR count). The molecule has 1 aliphatic carbocycles. The highest BCUT2D eigenvalue weighted by molar-refractivity contribution is 7.95. The molecule has 1 aliphatic rings. The second-order valence-corrected chi connectivity index (χ2v) is 8.73. The second-order valence-electron chi connectivity index (χ2n) is 4.44. The first-order chi connectivity index (χ1) is 9.45. The number of aromatic nitrogens is 1. The number of nitrogens with one attached hydrogen (secondary N) is 1. The van der Waals surface area contributed by atoms with Crippen LogP contribution in [0.3, 0.4) is 0 Å². The van der Waals surface area contributed by atoms with E-state index in [0.29, 0.717) is 15.9 Å². The van der Waals surface area contributed by atoms with Gasteiger partial charge >= 0.3 is 0 Å². The minimum absolute atomic E-state index is 0.184. The predicted octanol–water partition coefficient (Wildman–Crippen LogP) is 2.52. The first-order valence-corrected chi connectivity index (χ1v) is 9.42. The highest BCUT2D eigenvalue weighted by atomic mass is 32.2. The monoisotopic (exact) mass is 345 g/mol. The van der Waals surface area contributed by atoms with Gasteiger partial charge in [-0.25, -0.2) is 13.4 Å². The summed E-state index contributed by atoms with van der Waals surface area (Å²) in [5.41, 5.74) is 6.46. The average molecular weight is 345 g/mol. The third-order valence-corrected chi connectivity index (χ3v) is 7.03. The maximum atomic E-state index is 12.2. The van der Waals surface area contributed by atoms with E-state index < -0.39 is 10.0 Å². The molecule has 0 spiro atoms. The lowest BCUT2D eigenvalue weighted by molar-refractivity contribution is 0.603. The summed E-state index contributed by atoms with van der Waals surface area (Å²) in [5.74, 6) is 0.507. The van der Waals surface area contributed by atoms with E-state index in [2.05, 4.69) is 9.71 Å². The summed E-state index contributed by atoms with van der Waals surface area (Å²) < 4.78 is 27.1. The molecule has 0 saturated heterocycles. The molecule has 106 valence electrons. The number of thiocarbonyl (C=S) groups is 1. The van der Waals surface area contributed by atoms with Crippen LogP contribution >= 0.6 is 34.9 Å². The minimum atomic E-state index is -3.62. The Labute approximate surface area is 129 Å². The van der Waals surface area contributed by atoms with Gasteiger partial charge in [0.1, 0.15) is 9.20 Å². The third-order valence-electron chi connectivity index (χ3n) is 2.83. The Kier molecular flexibility index (Phi) is 3.53. The fourth-order valence-corrected chi connectivity index (χ4v) is 5.06. The zero-order valence-corrected chi connectivity index (χ0v) is 13.5. The van der Waals surface area contributed by atoms with Crippen molar-refractivity contribution >= 4 is 55.0 Å². The smallest absolute Gasteiger partial charge is 0.273 e. The van der Waals surface area contributed by atoms with Crippen LogP contribution < -0.4 is 10.5 Å². The molecule has 9 heteroatoms. The number of sulfonamides is 1. The minimum Gasteiger partial charge on any atom is -0.389 e. The summed E-state index contributed by atoms with van der Waals surface area (Å²) in [5, 5.41) is 2.31. The maximum Gasteiger partial charge on any atom is 0.273 e. The Morgan fingerprint density at radius 1 is 1.45 bits per heavy atom. The van der Waals surface area contributed by atoms with E-state index >= 15 is 0 Å². The number of nitrogens with two attached hydrogens (primary N) is 1. The van der Waals surface area contributed by atoms with Crippen molar-refractivity contribution in [1.29, 1.82) is 0 Å². The highest BCUT2D eigenvalue weighted by Crippen LogP contribution is 2.41. The largest absolute Gasteiger partial charge is 0.389 e. The number of rotatable bonds is 5. The SMILES string of the molecule is NC(=S)c1ccc(S(=O)(=O)Nc2nc(C3CC3)cs2)s1. The van der Waals surface area contributed by atoms with Gasteiger partial charge in [0.25, 0.3) is 10.0 Å². The van der Waals surface area contributed by atoms with Crippen molar-refractivity contribution in [2.45, 2.75) is 23.0 Å². The van der Waals surface area contributed by atoms with Crippen LogP contribution in [0.25, 0.3) is 0 Å². The lowest BCUT2D eigenvalue weighted by Crippen LogP contribution is -2.11. The molecule has 0 amide bonds. The van der Waals surface area contributed by atoms with Crippen LogP contribution in [-0.2, 0) is 10.0 Å². The summed E-state index contributed by atoms with van der Waals surface area (Å²) in [7, 11) is -3.62. The standard InChI is InChI=1S/C11H11N3O2S4/c12-10(17)8-3-4-9(19-8)20(15,16)14-11-13-7(5-18-11)6-1-2-6/h3-6H,1-2H2,(H2,12,17)(H,13,14). The van der Waals surface area contributed by atoms with E-state index in [1.54, 1.807) is 6.07 Å². The molecule has 0 unspecified atom stereocenters. The summed E-state index contributed by atoms with van der Waals surface area (Å²) in [4.78, 5) is 5.08. The predicted molar refractivity (Wildman–Crippen MR) is 85.1 cm³/mol. The van der Waals surface area contributed by atoms with Gasteiger partial charge in [0.2, 0.25) is 0 Å². The van der Waals surface area contributed by atoms with Gasteiger partial charge in [-0.15, -0.1) is 22.7 Å². The fraction of sp³-hybridized carbons (Fsp3) is 0.273. The third kappa shape index (κ3) is 2.85. The quantitative estimate of drug-likeness (QED) is 0.813. The van der Waals surface area contributed by atoms with Gasteiger partial charge in [0.05, 0.1) is 10.6 Å². The topological polar surface area (TPSA) is 85.1 Å². The molecule has 20 heavy (non-hydrogen) atoms. The lowest BCUT2D eigenvalue weighted by atomic mass is 10.3. The fourth-order valence-electron chi connectivity index (χ4n) is 1.66. The van der Waals surface area contributed by atoms with Crippen molar-refractivity contribution < 1.29 is 8.42 Å². The Bertz CT molecular complexity index is 758. The number of thiazole rings is 1. The molecular weight excluding hydrogens is 334 g/mol. The van der Waals surface area contributed by atoms with Crippen molar-refractivity contribution in [1.82, 2.24) is 4.98 Å². The highest BCUT2D eigenvalue weighted by Gasteiger charge is 2.27. The van der Waals surface area contributed by atoms with Crippen LogP contribution in [0.5, 0.6) is 0 Å². The molecule has 5 nitrogen and oxygen atoms in total. The van der Waals surface area contributed by atoms with E-state index in [4.69, 9.17) is 18.0 Å². The number of hydrogen-bond acceptors (Lipinski definition) is 6. The molecule has 1 fully saturated rings. The summed E-state index contributed by atoms with van der Waals surface area (Å²) in [6.07, 6.45) is 2.27. The first-order valence-electron chi connectivity index (χ1n) is 5.83. The van der Waals surface area contributed by atoms with Gasteiger partial charge in [-0.05, 0) is 25.0 Å². The van der Waals surface area contributed by atoms with Crippen LogP contribution in [0.1, 0.15) is 29.3 Å². The molecule has 0 aliphatic heterocycles. The average Bonchev–Trinajstić information content (AvgIpc) is 2.91. The number of hydrogen-bond donors (Lipinski definition) is 2. The van der Waals surface area contributed by atoms with Gasteiger partial charge in [-0.1, -0.05) is 12.2 Å². The Morgan fingerprint density at radius 2 is 2.20 bits per heavy atom. The van der Waals surface area contributed by atoms with E-state index in [-0.39, 0.29) is 9.20 Å². The number of nitrogens with zero attached hydrogens (tertiary/aromatic N) is 1. The lowest BCUT2D eigenvalue weighted by Gasteiger charge is -2.01. The zero-order valence-electron chi connectivity index (χ0n) is 10.2. The molecular formula is C11H11N3O2S4. The second kappa shape index (κ2) is 5.06. The Hall–Kier alpha value is -1.03. The molecule has 0 radical (unpaired) electrons. The van der Waals surface area contributed by atoms with Crippen LogP contribution in [0.4, 0.5) is 5.13 Å². The van der Waals surface area contributed by atoms with E-state index in [1.165, 1.54) is 17.4 Å². The van der Waals surface area contributed by atoms with Crippen molar-refractivity contribution in [3.05, 3.63) is 28.1 Å². The van der Waals surface area contributed by atoms with Crippen molar-refractivity contribution in [3.63, 3.8) is 0 Å². The molecule has 0 bridgehead atoms. The number of thiophene rings is 1. The van der Waals surface area contributed by atoms with Gasteiger partial charge in [0.15, 0.2) is 5.13 Å². The van der Waals surface area contributed by atoms with Crippen LogP contribution in [-0.4, -0.2) is 18.4 Å². The molecule has 3 N–H and O–H groups in total. The van der Waals surface area contributed by atoms with Crippen molar-refractivity contribution in [2.24, 2.45) is 5.73 Å². The first kappa shape index (κ1) is 13.9.